The standard InChI is InChI=1S/C31H45N5O10/c1-5-46-26(38)11-7-6-9-21(33-27(39)20-14-16-45-18-20)28(40)34-22(12-13-25(32)37)30(42)36-15-8-10-24(36)29(41)35-23(17-19(2)3)31(43)44-4/h7,11,14,16,18-19,21-24H,5-6,8-10,12-13,15,17H2,1-4H3,(H2,32,37)(H,33,39)(H,34,40)(H,35,41)/b11-7+/t21-,22-,23-,24+/m1/s1. The van der Waals surface area contributed by atoms with Crippen molar-refractivity contribution >= 4 is 41.5 Å². The van der Waals surface area contributed by atoms with Crippen molar-refractivity contribution in [3.8, 4) is 0 Å². The highest BCUT2D eigenvalue weighted by Crippen LogP contribution is 2.21. The number of esters is 2. The summed E-state index contributed by atoms with van der Waals surface area (Å²) in [5.41, 5.74) is 5.51. The van der Waals surface area contributed by atoms with E-state index >= 15 is 0 Å². The van der Waals surface area contributed by atoms with Crippen molar-refractivity contribution < 1.29 is 47.5 Å². The third-order valence-electron chi connectivity index (χ3n) is 7.21. The van der Waals surface area contributed by atoms with E-state index in [1.54, 1.807) is 6.92 Å². The summed E-state index contributed by atoms with van der Waals surface area (Å²) in [5, 5.41) is 7.92. The molecule has 0 aliphatic carbocycles. The summed E-state index contributed by atoms with van der Waals surface area (Å²) in [7, 11) is 1.22. The fraction of sp³-hybridized carbons (Fsp3) is 0.581. The Morgan fingerprint density at radius 3 is 2.41 bits per heavy atom. The molecule has 0 spiro atoms. The average Bonchev–Trinajstić information content (AvgIpc) is 3.72. The highest BCUT2D eigenvalue weighted by molar-refractivity contribution is 5.99. The molecule has 5 N–H and O–H groups in total. The van der Waals surface area contributed by atoms with E-state index in [0.717, 1.165) is 0 Å². The minimum absolute atomic E-state index is 0.0432. The Balaban J connectivity index is 2.25. The van der Waals surface area contributed by atoms with Gasteiger partial charge in [0.25, 0.3) is 5.91 Å². The van der Waals surface area contributed by atoms with Gasteiger partial charge in [-0.2, -0.15) is 0 Å². The van der Waals surface area contributed by atoms with Gasteiger partial charge in [-0.1, -0.05) is 19.9 Å². The fourth-order valence-corrected chi connectivity index (χ4v) is 4.95. The first-order valence-electron chi connectivity index (χ1n) is 15.3. The molecule has 1 fully saturated rings. The number of hydrogen-bond acceptors (Lipinski definition) is 10. The highest BCUT2D eigenvalue weighted by atomic mass is 16.5. The second-order valence-electron chi connectivity index (χ2n) is 11.2. The number of furan rings is 1. The van der Waals surface area contributed by atoms with Crippen molar-refractivity contribution in [3.05, 3.63) is 36.3 Å². The zero-order valence-corrected chi connectivity index (χ0v) is 26.7. The van der Waals surface area contributed by atoms with Crippen LogP contribution in [0.2, 0.25) is 0 Å². The van der Waals surface area contributed by atoms with E-state index in [1.807, 2.05) is 13.8 Å². The average molecular weight is 648 g/mol. The molecule has 0 aromatic carbocycles. The zero-order valence-electron chi connectivity index (χ0n) is 26.7. The molecule has 1 aliphatic heterocycles. The molecule has 1 saturated heterocycles. The lowest BCUT2D eigenvalue weighted by Gasteiger charge is -2.30. The number of nitrogens with two attached hydrogens (primary N) is 1. The van der Waals surface area contributed by atoms with Crippen LogP contribution in [0.3, 0.4) is 0 Å². The van der Waals surface area contributed by atoms with Crippen molar-refractivity contribution in [1.29, 1.82) is 0 Å². The van der Waals surface area contributed by atoms with Crippen LogP contribution in [0.25, 0.3) is 0 Å². The van der Waals surface area contributed by atoms with Crippen LogP contribution in [0.5, 0.6) is 0 Å². The smallest absolute Gasteiger partial charge is 0.330 e. The normalized spacial score (nSPS) is 16.4. The molecule has 1 aromatic heterocycles. The number of nitrogens with one attached hydrogen (secondary N) is 3. The number of ether oxygens (including phenoxy) is 2. The van der Waals surface area contributed by atoms with Gasteiger partial charge in [0.2, 0.25) is 23.6 Å². The van der Waals surface area contributed by atoms with Gasteiger partial charge < -0.3 is 40.5 Å². The van der Waals surface area contributed by atoms with E-state index in [9.17, 15) is 33.6 Å². The van der Waals surface area contributed by atoms with Crippen LogP contribution in [0, 0.1) is 5.92 Å². The molecule has 0 saturated carbocycles. The van der Waals surface area contributed by atoms with Crippen LogP contribution in [-0.2, 0) is 38.2 Å². The molecule has 5 amide bonds. The first-order chi connectivity index (χ1) is 21.9. The number of amides is 5. The minimum atomic E-state index is -1.26. The summed E-state index contributed by atoms with van der Waals surface area (Å²) in [6.07, 6.45) is 6.17. The van der Waals surface area contributed by atoms with Gasteiger partial charge in [-0.15, -0.1) is 0 Å². The van der Waals surface area contributed by atoms with E-state index in [-0.39, 0.29) is 50.3 Å². The predicted molar refractivity (Wildman–Crippen MR) is 163 cm³/mol. The molecule has 15 nitrogen and oxygen atoms in total. The Kier molecular flexibility index (Phi) is 15.5. The summed E-state index contributed by atoms with van der Waals surface area (Å²) in [6.45, 7) is 5.84. The third kappa shape index (κ3) is 12.0. The van der Waals surface area contributed by atoms with E-state index in [4.69, 9.17) is 19.6 Å². The molecule has 254 valence electrons. The van der Waals surface area contributed by atoms with Crippen LogP contribution in [0.1, 0.15) is 76.1 Å². The van der Waals surface area contributed by atoms with E-state index in [0.29, 0.717) is 19.3 Å². The highest BCUT2D eigenvalue weighted by Gasteiger charge is 2.39. The molecule has 2 heterocycles. The van der Waals surface area contributed by atoms with Crippen molar-refractivity contribution in [3.63, 3.8) is 0 Å². The number of primary amides is 1. The lowest BCUT2D eigenvalue weighted by molar-refractivity contribution is -0.147. The van der Waals surface area contributed by atoms with Gasteiger partial charge in [0.1, 0.15) is 30.4 Å². The first kappa shape index (κ1) is 37.5. The van der Waals surface area contributed by atoms with Crippen LogP contribution in [-0.4, -0.2) is 90.8 Å². The molecule has 0 bridgehead atoms. The third-order valence-corrected chi connectivity index (χ3v) is 7.21. The number of likely N-dealkylation sites (tertiary alicyclic amines) is 1. The molecule has 0 unspecified atom stereocenters. The Bertz CT molecular complexity index is 1250. The summed E-state index contributed by atoms with van der Waals surface area (Å²) in [6, 6.07) is -2.84. The molecule has 1 aliphatic rings. The Morgan fingerprint density at radius 2 is 1.80 bits per heavy atom. The quantitative estimate of drug-likeness (QED) is 0.129. The summed E-state index contributed by atoms with van der Waals surface area (Å²) in [5.74, 6) is -4.30. The number of carbonyl (C=O) groups excluding carboxylic acids is 7. The maximum Gasteiger partial charge on any atom is 0.330 e. The number of rotatable bonds is 18. The number of methoxy groups -OCH3 is 1. The predicted octanol–water partition coefficient (Wildman–Crippen LogP) is 0.723. The molecule has 2 rings (SSSR count). The van der Waals surface area contributed by atoms with Gasteiger partial charge in [-0.25, -0.2) is 9.59 Å². The number of nitrogens with zero attached hydrogens (tertiary/aromatic N) is 1. The number of allylic oxidation sites excluding steroid dienone is 1. The van der Waals surface area contributed by atoms with Gasteiger partial charge >= 0.3 is 11.9 Å². The van der Waals surface area contributed by atoms with Gasteiger partial charge in [0, 0.05) is 19.0 Å². The number of hydrogen-bond donors (Lipinski definition) is 4. The Hall–Kier alpha value is -4.69. The first-order valence-corrected chi connectivity index (χ1v) is 15.3. The molecule has 1 aromatic rings. The van der Waals surface area contributed by atoms with Gasteiger partial charge in [-0.3, -0.25) is 24.0 Å². The Labute approximate surface area is 267 Å². The van der Waals surface area contributed by atoms with Crippen molar-refractivity contribution in [2.45, 2.75) is 89.9 Å². The van der Waals surface area contributed by atoms with Crippen LogP contribution in [0.4, 0.5) is 0 Å². The summed E-state index contributed by atoms with van der Waals surface area (Å²) >= 11 is 0. The monoisotopic (exact) mass is 647 g/mol. The maximum atomic E-state index is 13.8. The summed E-state index contributed by atoms with van der Waals surface area (Å²) in [4.78, 5) is 90.3. The molecule has 4 atom stereocenters. The largest absolute Gasteiger partial charge is 0.472 e. The second-order valence-corrected chi connectivity index (χ2v) is 11.2. The van der Waals surface area contributed by atoms with Crippen LogP contribution < -0.4 is 21.7 Å². The van der Waals surface area contributed by atoms with E-state index in [2.05, 4.69) is 16.0 Å². The van der Waals surface area contributed by atoms with Crippen LogP contribution >= 0.6 is 0 Å². The number of carbonyl (C=O) groups is 7. The van der Waals surface area contributed by atoms with Gasteiger partial charge in [-0.05, 0) is 57.4 Å². The minimum Gasteiger partial charge on any atom is -0.472 e. The van der Waals surface area contributed by atoms with Gasteiger partial charge in [0.15, 0.2) is 0 Å². The molecule has 0 radical (unpaired) electrons. The van der Waals surface area contributed by atoms with Crippen molar-refractivity contribution in [1.82, 2.24) is 20.9 Å². The molecule has 46 heavy (non-hydrogen) atoms. The molecular formula is C31H45N5O10. The zero-order chi connectivity index (χ0) is 34.2. The van der Waals surface area contributed by atoms with Gasteiger partial charge in [0.05, 0.1) is 25.5 Å². The van der Waals surface area contributed by atoms with Crippen LogP contribution in [0.15, 0.2) is 35.2 Å². The molecular weight excluding hydrogens is 602 g/mol. The maximum absolute atomic E-state index is 13.8. The van der Waals surface area contributed by atoms with E-state index < -0.39 is 65.6 Å². The van der Waals surface area contributed by atoms with Crippen molar-refractivity contribution in [2.24, 2.45) is 11.7 Å². The fourth-order valence-electron chi connectivity index (χ4n) is 4.95. The lowest BCUT2D eigenvalue weighted by Crippen LogP contribution is -2.57. The topological polar surface area (TPSA) is 216 Å². The van der Waals surface area contributed by atoms with E-state index in [1.165, 1.54) is 42.8 Å². The second kappa shape index (κ2) is 19.0. The SMILES string of the molecule is CCOC(=O)/C=C/CC[C@@H](NC(=O)c1ccoc1)C(=O)N[C@H](CCC(N)=O)C(=O)N1CCC[C@H]1C(=O)N[C@H](CC(C)C)C(=O)OC. The Morgan fingerprint density at radius 1 is 1.07 bits per heavy atom. The lowest BCUT2D eigenvalue weighted by atomic mass is 10.0. The summed E-state index contributed by atoms with van der Waals surface area (Å²) < 4.78 is 14.6. The molecule has 15 heteroatoms. The van der Waals surface area contributed by atoms with Crippen molar-refractivity contribution in [2.75, 3.05) is 20.3 Å².